The summed E-state index contributed by atoms with van der Waals surface area (Å²) in [5, 5.41) is 0. The van der Waals surface area contributed by atoms with Gasteiger partial charge in [-0.3, -0.25) is 9.59 Å². The Morgan fingerprint density at radius 3 is 2.45 bits per heavy atom. The Morgan fingerprint density at radius 2 is 1.90 bits per heavy atom. The summed E-state index contributed by atoms with van der Waals surface area (Å²) in [4.78, 5) is 30.0. The molecule has 2 heterocycles. The first-order valence-electron chi connectivity index (χ1n) is 10.7. The monoisotopic (exact) mass is 428 g/mol. The van der Waals surface area contributed by atoms with Gasteiger partial charge < -0.3 is 23.7 Å². The van der Waals surface area contributed by atoms with Gasteiger partial charge in [0.2, 0.25) is 5.91 Å². The van der Waals surface area contributed by atoms with Crippen molar-refractivity contribution in [2.45, 2.75) is 51.8 Å². The van der Waals surface area contributed by atoms with Gasteiger partial charge in [0, 0.05) is 24.3 Å². The van der Waals surface area contributed by atoms with Gasteiger partial charge in [0.1, 0.15) is 18.1 Å². The maximum Gasteiger partial charge on any atom is 0.254 e. The molecule has 1 aromatic heterocycles. The number of ether oxygens (including phenoxy) is 2. The van der Waals surface area contributed by atoms with Gasteiger partial charge >= 0.3 is 0 Å². The molecule has 31 heavy (non-hydrogen) atoms. The summed E-state index contributed by atoms with van der Waals surface area (Å²) in [6.07, 6.45) is 3.53. The summed E-state index contributed by atoms with van der Waals surface area (Å²) in [6, 6.07) is 10.6. The van der Waals surface area contributed by atoms with Crippen LogP contribution in [0.15, 0.2) is 47.1 Å². The zero-order chi connectivity index (χ0) is 22.4. The highest BCUT2D eigenvalue weighted by atomic mass is 16.5. The molecule has 168 valence electrons. The molecule has 3 rings (SSSR count). The first-order chi connectivity index (χ1) is 14.8. The third-order valence-electron chi connectivity index (χ3n) is 5.41. The second-order valence-electron chi connectivity index (χ2n) is 8.78. The maximum absolute atomic E-state index is 13.4. The molecule has 2 amide bonds. The van der Waals surface area contributed by atoms with Crippen molar-refractivity contribution < 1.29 is 23.5 Å². The van der Waals surface area contributed by atoms with Crippen LogP contribution in [0.2, 0.25) is 0 Å². The average molecular weight is 429 g/mol. The van der Waals surface area contributed by atoms with E-state index in [0.717, 1.165) is 19.4 Å². The number of benzene rings is 1. The zero-order valence-electron chi connectivity index (χ0n) is 18.8. The zero-order valence-corrected chi connectivity index (χ0v) is 18.8. The Labute approximate surface area is 183 Å². The highest BCUT2D eigenvalue weighted by Gasteiger charge is 2.32. The van der Waals surface area contributed by atoms with E-state index in [1.165, 1.54) is 0 Å². The van der Waals surface area contributed by atoms with Crippen molar-refractivity contribution in [2.75, 3.05) is 26.8 Å². The van der Waals surface area contributed by atoms with Crippen LogP contribution in [0, 0.1) is 0 Å². The summed E-state index contributed by atoms with van der Waals surface area (Å²) in [6.45, 7) is 7.31. The summed E-state index contributed by atoms with van der Waals surface area (Å²) < 4.78 is 16.4. The third-order valence-corrected chi connectivity index (χ3v) is 5.41. The number of furan rings is 1. The summed E-state index contributed by atoms with van der Waals surface area (Å²) >= 11 is 0. The van der Waals surface area contributed by atoms with Gasteiger partial charge in [0.05, 0.1) is 26.0 Å². The fourth-order valence-electron chi connectivity index (χ4n) is 3.62. The Bertz CT molecular complexity index is 849. The number of rotatable bonds is 8. The number of methoxy groups -OCH3 is 1. The first-order valence-corrected chi connectivity index (χ1v) is 10.7. The van der Waals surface area contributed by atoms with E-state index in [4.69, 9.17) is 13.9 Å². The lowest BCUT2D eigenvalue weighted by molar-refractivity contribution is -0.135. The molecule has 2 aromatic rings. The SMILES string of the molecule is COc1ccc(C(=O)N(CC(=O)N(Cc2ccco2)C[C@H]2CCCO2)C(C)(C)C)cc1. The van der Waals surface area contributed by atoms with Gasteiger partial charge in [-0.1, -0.05) is 0 Å². The van der Waals surface area contributed by atoms with E-state index < -0.39 is 5.54 Å². The molecule has 1 aromatic carbocycles. The Kier molecular flexibility index (Phi) is 7.38. The van der Waals surface area contributed by atoms with Crippen LogP contribution in [0.5, 0.6) is 5.75 Å². The smallest absolute Gasteiger partial charge is 0.254 e. The average Bonchev–Trinajstić information content (AvgIpc) is 3.44. The minimum Gasteiger partial charge on any atom is -0.497 e. The minimum atomic E-state index is -0.535. The number of nitrogens with zero attached hydrogens (tertiary/aromatic N) is 2. The molecule has 7 nitrogen and oxygen atoms in total. The van der Waals surface area contributed by atoms with Crippen molar-refractivity contribution in [3.05, 3.63) is 54.0 Å². The minimum absolute atomic E-state index is 0.0132. The van der Waals surface area contributed by atoms with E-state index in [1.807, 2.05) is 26.8 Å². The van der Waals surface area contributed by atoms with Gasteiger partial charge in [-0.15, -0.1) is 0 Å². The Morgan fingerprint density at radius 1 is 1.16 bits per heavy atom. The van der Waals surface area contributed by atoms with Crippen molar-refractivity contribution >= 4 is 11.8 Å². The standard InChI is InChI=1S/C24H32N2O5/c1-24(2,3)26(23(28)18-9-11-19(29-4)12-10-18)17-22(27)25(15-20-7-5-13-30-20)16-21-8-6-14-31-21/h5,7,9-13,21H,6,8,14-17H2,1-4H3/t21-/m1/s1. The topological polar surface area (TPSA) is 72.2 Å². The molecule has 1 aliphatic heterocycles. The predicted molar refractivity (Wildman–Crippen MR) is 117 cm³/mol. The lowest BCUT2D eigenvalue weighted by Crippen LogP contribution is -2.51. The summed E-state index contributed by atoms with van der Waals surface area (Å²) in [5.74, 6) is 1.05. The number of hydrogen-bond donors (Lipinski definition) is 0. The Hall–Kier alpha value is -2.80. The predicted octanol–water partition coefficient (Wildman–Crippen LogP) is 3.74. The van der Waals surface area contributed by atoms with Gasteiger partial charge in [-0.2, -0.15) is 0 Å². The lowest BCUT2D eigenvalue weighted by atomic mass is 10.0. The molecule has 7 heteroatoms. The fraction of sp³-hybridized carbons (Fsp3) is 0.500. The normalized spacial score (nSPS) is 16.2. The van der Waals surface area contributed by atoms with Gasteiger partial charge in [-0.05, 0) is 70.0 Å². The fourth-order valence-corrected chi connectivity index (χ4v) is 3.62. The van der Waals surface area contributed by atoms with Crippen LogP contribution in [0.1, 0.15) is 49.7 Å². The quantitative estimate of drug-likeness (QED) is 0.641. The van der Waals surface area contributed by atoms with E-state index >= 15 is 0 Å². The van der Waals surface area contributed by atoms with Crippen molar-refractivity contribution in [1.82, 2.24) is 9.80 Å². The highest BCUT2D eigenvalue weighted by molar-refractivity contribution is 5.97. The molecule has 1 aliphatic rings. The maximum atomic E-state index is 13.4. The lowest BCUT2D eigenvalue weighted by Gasteiger charge is -2.37. The highest BCUT2D eigenvalue weighted by Crippen LogP contribution is 2.21. The molecule has 0 saturated carbocycles. The summed E-state index contributed by atoms with van der Waals surface area (Å²) in [5.41, 5.74) is -0.0207. The Balaban J connectivity index is 1.77. The van der Waals surface area contributed by atoms with Crippen LogP contribution in [0.25, 0.3) is 0 Å². The number of carbonyl (C=O) groups excluding carboxylic acids is 2. The molecule has 0 radical (unpaired) electrons. The molecular formula is C24H32N2O5. The first kappa shape index (κ1) is 22.9. The van der Waals surface area contributed by atoms with E-state index in [1.54, 1.807) is 53.5 Å². The van der Waals surface area contributed by atoms with E-state index in [-0.39, 0.29) is 24.5 Å². The molecule has 0 unspecified atom stereocenters. The van der Waals surface area contributed by atoms with Crippen molar-refractivity contribution in [3.63, 3.8) is 0 Å². The molecule has 0 spiro atoms. The second kappa shape index (κ2) is 10.0. The number of carbonyl (C=O) groups is 2. The third kappa shape index (κ3) is 6.10. The van der Waals surface area contributed by atoms with Crippen LogP contribution in [-0.2, 0) is 16.1 Å². The van der Waals surface area contributed by atoms with E-state index in [9.17, 15) is 9.59 Å². The molecular weight excluding hydrogens is 396 g/mol. The largest absolute Gasteiger partial charge is 0.497 e. The van der Waals surface area contributed by atoms with Crippen LogP contribution in [-0.4, -0.2) is 60.1 Å². The molecule has 1 atom stereocenters. The van der Waals surface area contributed by atoms with Crippen molar-refractivity contribution in [2.24, 2.45) is 0 Å². The van der Waals surface area contributed by atoms with Crippen molar-refractivity contribution in [3.8, 4) is 5.75 Å². The van der Waals surface area contributed by atoms with Crippen molar-refractivity contribution in [1.29, 1.82) is 0 Å². The molecule has 1 fully saturated rings. The van der Waals surface area contributed by atoms with Crippen LogP contribution in [0.3, 0.4) is 0 Å². The van der Waals surface area contributed by atoms with Gasteiger partial charge in [0.15, 0.2) is 0 Å². The van der Waals surface area contributed by atoms with E-state index in [2.05, 4.69) is 0 Å². The van der Waals surface area contributed by atoms with Crippen LogP contribution in [0.4, 0.5) is 0 Å². The number of hydrogen-bond acceptors (Lipinski definition) is 5. The van der Waals surface area contributed by atoms with Gasteiger partial charge in [-0.25, -0.2) is 0 Å². The molecule has 0 N–H and O–H groups in total. The molecule has 0 bridgehead atoms. The van der Waals surface area contributed by atoms with Crippen LogP contribution < -0.4 is 4.74 Å². The molecule has 0 aliphatic carbocycles. The van der Waals surface area contributed by atoms with E-state index in [0.29, 0.717) is 30.2 Å². The number of amides is 2. The van der Waals surface area contributed by atoms with Crippen LogP contribution >= 0.6 is 0 Å². The van der Waals surface area contributed by atoms with Gasteiger partial charge in [0.25, 0.3) is 5.91 Å². The summed E-state index contributed by atoms with van der Waals surface area (Å²) in [7, 11) is 1.58. The second-order valence-corrected chi connectivity index (χ2v) is 8.78. The molecule has 1 saturated heterocycles.